The molecule has 0 aromatic heterocycles. The molecule has 1 rings (SSSR count). The second-order valence-electron chi connectivity index (χ2n) is 3.93. The first-order valence-electron chi connectivity index (χ1n) is 5.37. The van der Waals surface area contributed by atoms with Crippen molar-refractivity contribution < 1.29 is 0 Å². The molecule has 0 amide bonds. The maximum atomic E-state index is 5.59. The van der Waals surface area contributed by atoms with Crippen molar-refractivity contribution in [2.24, 2.45) is 5.84 Å². The molecule has 0 aliphatic heterocycles. The van der Waals surface area contributed by atoms with Crippen molar-refractivity contribution >= 4 is 0 Å². The molecule has 0 radical (unpaired) electrons. The number of rotatable bonds is 5. The van der Waals surface area contributed by atoms with Gasteiger partial charge in [-0.15, -0.1) is 6.58 Å². The van der Waals surface area contributed by atoms with Gasteiger partial charge in [-0.1, -0.05) is 36.8 Å². The quantitative estimate of drug-likeness (QED) is 0.439. The van der Waals surface area contributed by atoms with E-state index < -0.39 is 0 Å². The van der Waals surface area contributed by atoms with Gasteiger partial charge in [-0.2, -0.15) is 0 Å². The summed E-state index contributed by atoms with van der Waals surface area (Å²) in [5, 5.41) is 0. The second kappa shape index (κ2) is 5.69. The van der Waals surface area contributed by atoms with Crippen LogP contribution in [0.1, 0.15) is 37.4 Å². The van der Waals surface area contributed by atoms with Crippen LogP contribution in [-0.4, -0.2) is 0 Å². The van der Waals surface area contributed by atoms with E-state index in [9.17, 15) is 0 Å². The highest BCUT2D eigenvalue weighted by atomic mass is 15.2. The fourth-order valence-electron chi connectivity index (χ4n) is 1.80. The average molecular weight is 204 g/mol. The molecular weight excluding hydrogens is 184 g/mol. The van der Waals surface area contributed by atoms with Crippen LogP contribution in [0.5, 0.6) is 0 Å². The number of hydrazine groups is 1. The van der Waals surface area contributed by atoms with Crippen LogP contribution in [0, 0.1) is 0 Å². The molecule has 1 unspecified atom stereocenters. The normalized spacial score (nSPS) is 12.5. The highest BCUT2D eigenvalue weighted by Gasteiger charge is 2.12. The minimum atomic E-state index is 0.179. The number of nitrogens with one attached hydrogen (secondary N) is 1. The molecule has 0 spiro atoms. The second-order valence-corrected chi connectivity index (χ2v) is 3.93. The van der Waals surface area contributed by atoms with Crippen molar-refractivity contribution in [2.45, 2.75) is 32.7 Å². The monoisotopic (exact) mass is 204 g/mol. The van der Waals surface area contributed by atoms with Crippen molar-refractivity contribution in [2.75, 3.05) is 0 Å². The third-order valence-corrected chi connectivity index (χ3v) is 2.57. The van der Waals surface area contributed by atoms with Crippen LogP contribution in [0.4, 0.5) is 0 Å². The first-order valence-corrected chi connectivity index (χ1v) is 5.37. The van der Waals surface area contributed by atoms with Gasteiger partial charge in [0.2, 0.25) is 0 Å². The highest BCUT2D eigenvalue weighted by Crippen LogP contribution is 2.23. The lowest BCUT2D eigenvalue weighted by atomic mass is 9.95. The molecule has 1 atom stereocenters. The zero-order valence-electron chi connectivity index (χ0n) is 9.59. The third kappa shape index (κ3) is 3.18. The molecule has 0 saturated heterocycles. The lowest BCUT2D eigenvalue weighted by Gasteiger charge is -2.19. The lowest BCUT2D eigenvalue weighted by Crippen LogP contribution is -2.28. The Balaban J connectivity index is 2.95. The van der Waals surface area contributed by atoms with E-state index in [1.54, 1.807) is 0 Å². The number of nitrogens with two attached hydrogens (primary N) is 1. The highest BCUT2D eigenvalue weighted by molar-refractivity contribution is 5.30. The Labute approximate surface area is 92.2 Å². The fourth-order valence-corrected chi connectivity index (χ4v) is 1.80. The lowest BCUT2D eigenvalue weighted by molar-refractivity contribution is 0.546. The predicted molar refractivity (Wildman–Crippen MR) is 65.3 cm³/mol. The summed E-state index contributed by atoms with van der Waals surface area (Å²) in [5.74, 6) is 5.59. The van der Waals surface area contributed by atoms with Crippen molar-refractivity contribution in [3.63, 3.8) is 0 Å². The van der Waals surface area contributed by atoms with E-state index in [-0.39, 0.29) is 6.04 Å². The number of benzene rings is 1. The van der Waals surface area contributed by atoms with Gasteiger partial charge in [0.15, 0.2) is 0 Å². The van der Waals surface area contributed by atoms with Gasteiger partial charge in [0.25, 0.3) is 0 Å². The van der Waals surface area contributed by atoms with E-state index in [1.165, 1.54) is 11.1 Å². The summed E-state index contributed by atoms with van der Waals surface area (Å²) >= 11 is 0. The van der Waals surface area contributed by atoms with Crippen molar-refractivity contribution in [1.82, 2.24) is 5.43 Å². The molecule has 0 aliphatic rings. The molecule has 0 heterocycles. The summed E-state index contributed by atoms with van der Waals surface area (Å²) in [5.41, 5.74) is 6.64. The van der Waals surface area contributed by atoms with Crippen LogP contribution in [0.25, 0.3) is 0 Å². The standard InChI is InChI=1S/C13H20N2/c1-4-11-7-5-6-8-12(11)13(15-14)9-10(2)3/h5-8,13,15H,2,4,9,14H2,1,3H3. The maximum Gasteiger partial charge on any atom is 0.0499 e. The van der Waals surface area contributed by atoms with Crippen LogP contribution in [0.15, 0.2) is 36.4 Å². The number of hydrogen-bond donors (Lipinski definition) is 2. The van der Waals surface area contributed by atoms with Crippen molar-refractivity contribution in [3.8, 4) is 0 Å². The van der Waals surface area contributed by atoms with Crippen molar-refractivity contribution in [3.05, 3.63) is 47.5 Å². The molecule has 0 saturated carbocycles. The van der Waals surface area contributed by atoms with E-state index in [0.717, 1.165) is 18.4 Å². The van der Waals surface area contributed by atoms with Gasteiger partial charge in [-0.25, -0.2) is 0 Å². The Kier molecular flexibility index (Phi) is 4.53. The topological polar surface area (TPSA) is 38.0 Å². The predicted octanol–water partition coefficient (Wildman–Crippen LogP) is 2.72. The first-order chi connectivity index (χ1) is 7.19. The van der Waals surface area contributed by atoms with Gasteiger partial charge in [-0.3, -0.25) is 11.3 Å². The van der Waals surface area contributed by atoms with Crippen LogP contribution >= 0.6 is 0 Å². The third-order valence-electron chi connectivity index (χ3n) is 2.57. The summed E-state index contributed by atoms with van der Waals surface area (Å²) < 4.78 is 0. The van der Waals surface area contributed by atoms with E-state index in [2.05, 4.69) is 43.2 Å². The van der Waals surface area contributed by atoms with Crippen LogP contribution in [0.2, 0.25) is 0 Å². The van der Waals surface area contributed by atoms with Crippen LogP contribution in [0.3, 0.4) is 0 Å². The van der Waals surface area contributed by atoms with Gasteiger partial charge >= 0.3 is 0 Å². The van der Waals surface area contributed by atoms with Gasteiger partial charge in [0.05, 0.1) is 0 Å². The molecule has 1 aromatic rings. The van der Waals surface area contributed by atoms with E-state index >= 15 is 0 Å². The maximum absolute atomic E-state index is 5.59. The Morgan fingerprint density at radius 1 is 1.47 bits per heavy atom. The number of hydrogen-bond acceptors (Lipinski definition) is 2. The first kappa shape index (κ1) is 12.0. The molecule has 0 bridgehead atoms. The van der Waals surface area contributed by atoms with Gasteiger partial charge in [0, 0.05) is 6.04 Å². The SMILES string of the molecule is C=C(C)CC(NN)c1ccccc1CC. The Hall–Kier alpha value is -1.12. The van der Waals surface area contributed by atoms with E-state index in [1.807, 2.05) is 6.92 Å². The molecule has 3 N–H and O–H groups in total. The zero-order chi connectivity index (χ0) is 11.3. The van der Waals surface area contributed by atoms with Crippen LogP contribution < -0.4 is 11.3 Å². The van der Waals surface area contributed by atoms with Gasteiger partial charge < -0.3 is 0 Å². The largest absolute Gasteiger partial charge is 0.271 e. The summed E-state index contributed by atoms with van der Waals surface area (Å²) in [7, 11) is 0. The van der Waals surface area contributed by atoms with Gasteiger partial charge in [-0.05, 0) is 30.9 Å². The molecule has 2 heteroatoms. The van der Waals surface area contributed by atoms with Crippen molar-refractivity contribution in [1.29, 1.82) is 0 Å². The molecule has 15 heavy (non-hydrogen) atoms. The minimum Gasteiger partial charge on any atom is -0.271 e. The summed E-state index contributed by atoms with van der Waals surface area (Å²) in [6.07, 6.45) is 1.91. The molecule has 0 fully saturated rings. The molecule has 2 nitrogen and oxygen atoms in total. The molecular formula is C13H20N2. The minimum absolute atomic E-state index is 0.179. The number of aryl methyl sites for hydroxylation is 1. The summed E-state index contributed by atoms with van der Waals surface area (Å²) in [6.45, 7) is 8.11. The Morgan fingerprint density at radius 3 is 2.67 bits per heavy atom. The van der Waals surface area contributed by atoms with Crippen LogP contribution in [-0.2, 0) is 6.42 Å². The smallest absolute Gasteiger partial charge is 0.0499 e. The molecule has 0 aliphatic carbocycles. The zero-order valence-corrected chi connectivity index (χ0v) is 9.59. The van der Waals surface area contributed by atoms with E-state index in [0.29, 0.717) is 0 Å². The summed E-state index contributed by atoms with van der Waals surface area (Å²) in [6, 6.07) is 8.58. The summed E-state index contributed by atoms with van der Waals surface area (Å²) in [4.78, 5) is 0. The fraction of sp³-hybridized carbons (Fsp3) is 0.385. The van der Waals surface area contributed by atoms with E-state index in [4.69, 9.17) is 5.84 Å². The average Bonchev–Trinajstić information content (AvgIpc) is 2.25. The van der Waals surface area contributed by atoms with Gasteiger partial charge in [0.1, 0.15) is 0 Å². The Morgan fingerprint density at radius 2 is 2.13 bits per heavy atom. The molecule has 1 aromatic carbocycles. The Bertz CT molecular complexity index is 331. The molecule has 82 valence electrons.